The number of aliphatic carboxylic acids is 1. The van der Waals surface area contributed by atoms with Crippen molar-refractivity contribution in [2.24, 2.45) is 11.8 Å². The number of benzene rings is 1. The fourth-order valence-electron chi connectivity index (χ4n) is 4.25. The van der Waals surface area contributed by atoms with E-state index >= 15 is 0 Å². The van der Waals surface area contributed by atoms with Gasteiger partial charge in [-0.15, -0.1) is 0 Å². The van der Waals surface area contributed by atoms with Gasteiger partial charge in [0, 0.05) is 12.1 Å². The van der Waals surface area contributed by atoms with Gasteiger partial charge in [-0.05, 0) is 36.8 Å². The van der Waals surface area contributed by atoms with Crippen molar-refractivity contribution in [2.45, 2.75) is 25.3 Å². The van der Waals surface area contributed by atoms with Gasteiger partial charge >= 0.3 is 5.97 Å². The first kappa shape index (κ1) is 14.3. The number of para-hydroxylation sites is 1. The Morgan fingerprint density at radius 2 is 2.04 bits per heavy atom. The fraction of sp³-hybridized carbons (Fsp3) is 0.444. The van der Waals surface area contributed by atoms with E-state index in [1.54, 1.807) is 4.90 Å². The van der Waals surface area contributed by atoms with Gasteiger partial charge in [-0.25, -0.2) is 4.79 Å². The molecule has 1 aliphatic carbocycles. The van der Waals surface area contributed by atoms with Crippen LogP contribution in [0.15, 0.2) is 29.8 Å². The maximum absolute atomic E-state index is 12.9. The Labute approximate surface area is 134 Å². The van der Waals surface area contributed by atoms with Crippen molar-refractivity contribution in [2.75, 3.05) is 13.2 Å². The lowest BCUT2D eigenvalue weighted by Crippen LogP contribution is -2.44. The van der Waals surface area contributed by atoms with Crippen LogP contribution >= 0.6 is 0 Å². The van der Waals surface area contributed by atoms with Gasteiger partial charge in [0.25, 0.3) is 5.91 Å². The number of amides is 1. The minimum absolute atomic E-state index is 0.105. The summed E-state index contributed by atoms with van der Waals surface area (Å²) in [5, 5.41) is 9.59. The molecular weight excluding hydrogens is 294 g/mol. The molecule has 23 heavy (non-hydrogen) atoms. The van der Waals surface area contributed by atoms with Crippen LogP contribution in [0.4, 0.5) is 0 Å². The number of carboxylic acids is 1. The molecule has 3 unspecified atom stereocenters. The van der Waals surface area contributed by atoms with Gasteiger partial charge < -0.3 is 14.7 Å². The first-order valence-electron chi connectivity index (χ1n) is 8.11. The molecule has 1 saturated heterocycles. The molecule has 5 nitrogen and oxygen atoms in total. The van der Waals surface area contributed by atoms with Crippen molar-refractivity contribution < 1.29 is 19.4 Å². The van der Waals surface area contributed by atoms with E-state index in [0.717, 1.165) is 30.6 Å². The topological polar surface area (TPSA) is 66.8 Å². The molecule has 3 atom stereocenters. The zero-order valence-electron chi connectivity index (χ0n) is 12.8. The molecule has 1 aromatic carbocycles. The van der Waals surface area contributed by atoms with Crippen LogP contribution < -0.4 is 4.74 Å². The lowest BCUT2D eigenvalue weighted by atomic mass is 9.94. The maximum Gasteiger partial charge on any atom is 0.326 e. The molecule has 0 spiro atoms. The highest BCUT2D eigenvalue weighted by atomic mass is 16.5. The van der Waals surface area contributed by atoms with Gasteiger partial charge in [0.15, 0.2) is 0 Å². The van der Waals surface area contributed by atoms with Crippen LogP contribution in [0.2, 0.25) is 0 Å². The second-order valence-electron chi connectivity index (χ2n) is 6.59. The van der Waals surface area contributed by atoms with E-state index in [2.05, 4.69) is 0 Å². The number of hydrogen-bond acceptors (Lipinski definition) is 3. The molecule has 2 aliphatic heterocycles. The van der Waals surface area contributed by atoms with Gasteiger partial charge in [0.1, 0.15) is 18.4 Å². The highest BCUT2D eigenvalue weighted by Crippen LogP contribution is 2.43. The highest BCUT2D eigenvalue weighted by molar-refractivity contribution is 6.01. The van der Waals surface area contributed by atoms with Gasteiger partial charge in [-0.1, -0.05) is 24.6 Å². The normalized spacial score (nSPS) is 28.6. The summed E-state index contributed by atoms with van der Waals surface area (Å²) in [5.41, 5.74) is 1.41. The zero-order valence-corrected chi connectivity index (χ0v) is 12.8. The van der Waals surface area contributed by atoms with Crippen LogP contribution in [0, 0.1) is 11.8 Å². The standard InChI is InChI=1S/C18H19NO4/c20-17(13-8-11-4-1-2-7-15(11)23-10-13)19-9-12-5-3-6-14(12)16(19)18(21)22/h1-2,4,7-8,12,14,16H,3,5-6,9-10H2,(H,21,22). The molecule has 0 radical (unpaired) electrons. The molecule has 4 rings (SSSR count). The number of rotatable bonds is 2. The Balaban J connectivity index is 1.62. The van der Waals surface area contributed by atoms with E-state index in [0.29, 0.717) is 18.0 Å². The molecule has 2 fully saturated rings. The second kappa shape index (κ2) is 5.41. The van der Waals surface area contributed by atoms with Gasteiger partial charge in [0.05, 0.1) is 5.57 Å². The third-order valence-corrected chi connectivity index (χ3v) is 5.31. The third kappa shape index (κ3) is 2.31. The van der Waals surface area contributed by atoms with E-state index in [1.165, 1.54) is 0 Å². The third-order valence-electron chi connectivity index (χ3n) is 5.31. The van der Waals surface area contributed by atoms with Crippen molar-refractivity contribution in [1.29, 1.82) is 0 Å². The van der Waals surface area contributed by atoms with E-state index in [9.17, 15) is 14.7 Å². The summed E-state index contributed by atoms with van der Waals surface area (Å²) in [4.78, 5) is 26.1. The number of likely N-dealkylation sites (tertiary alicyclic amines) is 1. The number of carbonyl (C=O) groups is 2. The average molecular weight is 313 g/mol. The number of carbonyl (C=O) groups excluding carboxylic acids is 1. The summed E-state index contributed by atoms with van der Waals surface area (Å²) in [6, 6.07) is 6.87. The van der Waals surface area contributed by atoms with Crippen molar-refractivity contribution in [3.8, 4) is 5.75 Å². The minimum atomic E-state index is -0.884. The van der Waals surface area contributed by atoms with E-state index in [1.807, 2.05) is 30.3 Å². The number of ether oxygens (including phenoxy) is 1. The van der Waals surface area contributed by atoms with Crippen LogP contribution in [0.1, 0.15) is 24.8 Å². The Hall–Kier alpha value is -2.30. The highest BCUT2D eigenvalue weighted by Gasteiger charge is 2.50. The van der Waals surface area contributed by atoms with Crippen molar-refractivity contribution >= 4 is 18.0 Å². The van der Waals surface area contributed by atoms with Gasteiger partial charge in [-0.3, -0.25) is 4.79 Å². The fourth-order valence-corrected chi connectivity index (χ4v) is 4.25. The lowest BCUT2D eigenvalue weighted by Gasteiger charge is -2.27. The van der Waals surface area contributed by atoms with E-state index in [-0.39, 0.29) is 18.4 Å². The Kier molecular flexibility index (Phi) is 3.36. The summed E-state index contributed by atoms with van der Waals surface area (Å²) in [6.45, 7) is 0.757. The minimum Gasteiger partial charge on any atom is -0.488 e. The first-order chi connectivity index (χ1) is 11.1. The molecular formula is C18H19NO4. The number of carboxylic acid groups (broad SMARTS) is 1. The Morgan fingerprint density at radius 3 is 2.87 bits per heavy atom. The Morgan fingerprint density at radius 1 is 1.22 bits per heavy atom. The number of hydrogen-bond donors (Lipinski definition) is 1. The van der Waals surface area contributed by atoms with Crippen molar-refractivity contribution in [3.63, 3.8) is 0 Å². The van der Waals surface area contributed by atoms with Crippen LogP contribution in [0.5, 0.6) is 5.75 Å². The van der Waals surface area contributed by atoms with Gasteiger partial charge in [-0.2, -0.15) is 0 Å². The number of nitrogens with zero attached hydrogens (tertiary/aromatic N) is 1. The maximum atomic E-state index is 12.9. The molecule has 2 heterocycles. The molecule has 1 saturated carbocycles. The largest absolute Gasteiger partial charge is 0.488 e. The molecule has 120 valence electrons. The first-order valence-corrected chi connectivity index (χ1v) is 8.11. The van der Waals surface area contributed by atoms with Crippen molar-refractivity contribution in [3.05, 3.63) is 35.4 Å². The Bertz CT molecular complexity index is 696. The molecule has 1 N–H and O–H groups in total. The van der Waals surface area contributed by atoms with Crippen molar-refractivity contribution in [1.82, 2.24) is 4.90 Å². The molecule has 5 heteroatoms. The summed E-state index contributed by atoms with van der Waals surface area (Å²) < 4.78 is 5.64. The molecule has 0 aromatic heterocycles. The van der Waals surface area contributed by atoms with Crippen LogP contribution in [-0.2, 0) is 9.59 Å². The average Bonchev–Trinajstić information content (AvgIpc) is 3.13. The smallest absolute Gasteiger partial charge is 0.326 e. The second-order valence-corrected chi connectivity index (χ2v) is 6.59. The molecule has 1 aromatic rings. The SMILES string of the molecule is O=C(O)C1C2CCCC2CN1C(=O)C1=Cc2ccccc2OC1. The predicted molar refractivity (Wildman–Crippen MR) is 83.9 cm³/mol. The summed E-state index contributed by atoms with van der Waals surface area (Å²) in [7, 11) is 0. The quantitative estimate of drug-likeness (QED) is 0.909. The summed E-state index contributed by atoms with van der Waals surface area (Å²) >= 11 is 0. The summed E-state index contributed by atoms with van der Waals surface area (Å²) in [6.07, 6.45) is 4.83. The van der Waals surface area contributed by atoms with E-state index in [4.69, 9.17) is 4.74 Å². The lowest BCUT2D eigenvalue weighted by molar-refractivity contribution is -0.148. The monoisotopic (exact) mass is 313 g/mol. The van der Waals surface area contributed by atoms with Crippen LogP contribution in [0.25, 0.3) is 6.08 Å². The molecule has 1 amide bonds. The summed E-state index contributed by atoms with van der Waals surface area (Å²) in [5.74, 6) is 0.121. The molecule has 3 aliphatic rings. The zero-order chi connectivity index (χ0) is 16.0. The molecule has 0 bridgehead atoms. The van der Waals surface area contributed by atoms with E-state index < -0.39 is 12.0 Å². The predicted octanol–water partition coefficient (Wildman–Crippen LogP) is 2.17. The van der Waals surface area contributed by atoms with Crippen LogP contribution in [-0.4, -0.2) is 41.1 Å². The van der Waals surface area contributed by atoms with Gasteiger partial charge in [0.2, 0.25) is 0 Å². The number of fused-ring (bicyclic) bond motifs is 2. The van der Waals surface area contributed by atoms with Crippen LogP contribution in [0.3, 0.4) is 0 Å².